The smallest absolute Gasteiger partial charge is 0.274 e. The maximum absolute atomic E-state index is 13.6. The van der Waals surface area contributed by atoms with Gasteiger partial charge in [0.2, 0.25) is 0 Å². The lowest BCUT2D eigenvalue weighted by Crippen LogP contribution is -2.18. The Bertz CT molecular complexity index is 1020. The molecule has 0 unspecified atom stereocenters. The largest absolute Gasteiger partial charge is 0.493 e. The quantitative estimate of drug-likeness (QED) is 0.446. The first-order valence-electron chi connectivity index (χ1n) is 8.70. The van der Waals surface area contributed by atoms with Crippen molar-refractivity contribution in [2.75, 3.05) is 7.11 Å². The molecule has 0 radical (unpaired) electrons. The predicted molar refractivity (Wildman–Crippen MR) is 110 cm³/mol. The fourth-order valence-electron chi connectivity index (χ4n) is 2.50. The normalized spacial score (nSPS) is 10.7. The lowest BCUT2D eigenvalue weighted by Gasteiger charge is -2.11. The minimum atomic E-state index is -0.630. The molecule has 1 N–H and O–H groups in total. The Morgan fingerprint density at radius 1 is 1.10 bits per heavy atom. The summed E-state index contributed by atoms with van der Waals surface area (Å²) < 4.78 is 24.8. The summed E-state index contributed by atoms with van der Waals surface area (Å²) in [6.45, 7) is 0.361. The van der Waals surface area contributed by atoms with Gasteiger partial charge in [0.05, 0.1) is 18.9 Å². The van der Waals surface area contributed by atoms with Crippen LogP contribution in [0.5, 0.6) is 11.5 Å². The average Bonchev–Trinajstić information content (AvgIpc) is 2.74. The number of hydrazone groups is 1. The first-order valence-corrected chi connectivity index (χ1v) is 9.08. The highest BCUT2D eigenvalue weighted by Gasteiger charge is 2.09. The molecule has 0 aliphatic carbocycles. The molecular formula is C22H18ClFN2O3. The van der Waals surface area contributed by atoms with Gasteiger partial charge in [-0.3, -0.25) is 4.79 Å². The molecule has 7 heteroatoms. The van der Waals surface area contributed by atoms with Gasteiger partial charge in [-0.05, 0) is 53.6 Å². The number of carbonyl (C=O) groups is 1. The van der Waals surface area contributed by atoms with Crippen molar-refractivity contribution in [1.82, 2.24) is 5.43 Å². The maximum atomic E-state index is 13.6. The molecule has 0 heterocycles. The van der Waals surface area contributed by atoms with E-state index in [2.05, 4.69) is 10.5 Å². The monoisotopic (exact) mass is 412 g/mol. The summed E-state index contributed by atoms with van der Waals surface area (Å²) in [4.78, 5) is 12.0. The standard InChI is InChI=1S/C22H18ClFN2O3/c1-28-21-12-16(13-25-26-22(27)18-4-2-3-5-19(18)24)8-11-20(21)29-14-15-6-9-17(23)10-7-15/h2-13H,14H2,1H3,(H,26,27)/b25-13-. The Balaban J connectivity index is 1.63. The van der Waals surface area contributed by atoms with Gasteiger partial charge in [0, 0.05) is 5.02 Å². The lowest BCUT2D eigenvalue weighted by molar-refractivity contribution is 0.0951. The van der Waals surface area contributed by atoms with Crippen molar-refractivity contribution in [2.24, 2.45) is 5.10 Å². The second kappa shape index (κ2) is 9.71. The molecule has 0 aliphatic rings. The number of rotatable bonds is 7. The zero-order valence-electron chi connectivity index (χ0n) is 15.6. The summed E-state index contributed by atoms with van der Waals surface area (Å²) in [5.74, 6) is -0.156. The van der Waals surface area contributed by atoms with E-state index in [0.717, 1.165) is 5.56 Å². The van der Waals surface area contributed by atoms with Gasteiger partial charge in [0.25, 0.3) is 5.91 Å². The van der Waals surface area contributed by atoms with Gasteiger partial charge in [-0.1, -0.05) is 35.9 Å². The van der Waals surface area contributed by atoms with E-state index in [1.807, 2.05) is 12.1 Å². The number of hydrogen-bond acceptors (Lipinski definition) is 4. The molecule has 0 saturated carbocycles. The zero-order valence-corrected chi connectivity index (χ0v) is 16.3. The zero-order chi connectivity index (χ0) is 20.6. The minimum Gasteiger partial charge on any atom is -0.493 e. The predicted octanol–water partition coefficient (Wildman–Crippen LogP) is 4.83. The fourth-order valence-corrected chi connectivity index (χ4v) is 2.62. The highest BCUT2D eigenvalue weighted by molar-refractivity contribution is 6.30. The molecule has 1 amide bonds. The van der Waals surface area contributed by atoms with Crippen LogP contribution in [0.25, 0.3) is 0 Å². The third-order valence-electron chi connectivity index (χ3n) is 3.99. The second-order valence-corrected chi connectivity index (χ2v) is 6.44. The van der Waals surface area contributed by atoms with Crippen LogP contribution < -0.4 is 14.9 Å². The summed E-state index contributed by atoms with van der Waals surface area (Å²) in [5, 5.41) is 4.53. The Kier molecular flexibility index (Phi) is 6.81. The Labute approximate surface area is 172 Å². The van der Waals surface area contributed by atoms with Crippen LogP contribution >= 0.6 is 11.6 Å². The summed E-state index contributed by atoms with van der Waals surface area (Å²) in [5.41, 5.74) is 3.87. The van der Waals surface area contributed by atoms with Crippen LogP contribution in [0.1, 0.15) is 21.5 Å². The number of hydrogen-bond donors (Lipinski definition) is 1. The summed E-state index contributed by atoms with van der Waals surface area (Å²) in [6.07, 6.45) is 1.43. The van der Waals surface area contributed by atoms with E-state index in [4.69, 9.17) is 21.1 Å². The molecule has 3 aromatic rings. The van der Waals surface area contributed by atoms with Crippen molar-refractivity contribution < 1.29 is 18.7 Å². The topological polar surface area (TPSA) is 59.9 Å². The number of amides is 1. The first kappa shape index (κ1) is 20.4. The van der Waals surface area contributed by atoms with Gasteiger partial charge in [0.15, 0.2) is 11.5 Å². The number of carbonyl (C=O) groups excluding carboxylic acids is 1. The van der Waals surface area contributed by atoms with Crippen molar-refractivity contribution in [2.45, 2.75) is 6.61 Å². The molecule has 3 rings (SSSR count). The molecule has 0 fully saturated rings. The number of benzene rings is 3. The fraction of sp³-hybridized carbons (Fsp3) is 0.0909. The van der Waals surface area contributed by atoms with Crippen molar-refractivity contribution in [3.8, 4) is 11.5 Å². The Morgan fingerprint density at radius 2 is 1.86 bits per heavy atom. The third kappa shape index (κ3) is 5.56. The number of nitrogens with zero attached hydrogens (tertiary/aromatic N) is 1. The van der Waals surface area contributed by atoms with Crippen molar-refractivity contribution >= 4 is 23.7 Å². The number of nitrogens with one attached hydrogen (secondary N) is 1. The maximum Gasteiger partial charge on any atom is 0.274 e. The van der Waals surface area contributed by atoms with Crippen LogP contribution in [0.15, 0.2) is 71.8 Å². The number of methoxy groups -OCH3 is 1. The van der Waals surface area contributed by atoms with Crippen LogP contribution in [0, 0.1) is 5.82 Å². The molecule has 29 heavy (non-hydrogen) atoms. The Morgan fingerprint density at radius 3 is 2.59 bits per heavy atom. The SMILES string of the molecule is COc1cc(/C=N\NC(=O)c2ccccc2F)ccc1OCc1ccc(Cl)cc1. The van der Waals surface area contributed by atoms with Crippen LogP contribution in [0.3, 0.4) is 0 Å². The highest BCUT2D eigenvalue weighted by atomic mass is 35.5. The molecule has 5 nitrogen and oxygen atoms in total. The van der Waals surface area contributed by atoms with E-state index >= 15 is 0 Å². The lowest BCUT2D eigenvalue weighted by atomic mass is 10.2. The summed E-state index contributed by atoms with van der Waals surface area (Å²) in [7, 11) is 1.53. The molecule has 0 atom stereocenters. The third-order valence-corrected chi connectivity index (χ3v) is 4.25. The summed E-state index contributed by atoms with van der Waals surface area (Å²) in [6, 6.07) is 18.3. The number of halogens is 2. The second-order valence-electron chi connectivity index (χ2n) is 6.00. The Hall–Kier alpha value is -3.38. The first-order chi connectivity index (χ1) is 14.1. The van der Waals surface area contributed by atoms with Crippen molar-refractivity contribution in [3.05, 3.63) is 94.3 Å². The van der Waals surface area contributed by atoms with E-state index in [0.29, 0.717) is 28.7 Å². The molecule has 0 saturated heterocycles. The van der Waals surface area contributed by atoms with Gasteiger partial charge in [-0.15, -0.1) is 0 Å². The molecule has 148 valence electrons. The number of ether oxygens (including phenoxy) is 2. The molecular weight excluding hydrogens is 395 g/mol. The van der Waals surface area contributed by atoms with Crippen LogP contribution in [-0.2, 0) is 6.61 Å². The van der Waals surface area contributed by atoms with Gasteiger partial charge in [0.1, 0.15) is 12.4 Å². The summed E-state index contributed by atoms with van der Waals surface area (Å²) >= 11 is 5.88. The van der Waals surface area contributed by atoms with E-state index < -0.39 is 11.7 Å². The van der Waals surface area contributed by atoms with Gasteiger partial charge >= 0.3 is 0 Å². The highest BCUT2D eigenvalue weighted by Crippen LogP contribution is 2.28. The average molecular weight is 413 g/mol. The molecule has 0 spiro atoms. The van der Waals surface area contributed by atoms with Gasteiger partial charge in [-0.25, -0.2) is 9.82 Å². The van der Waals surface area contributed by atoms with E-state index in [-0.39, 0.29) is 5.56 Å². The molecule has 3 aromatic carbocycles. The van der Waals surface area contributed by atoms with Crippen LogP contribution in [0.4, 0.5) is 4.39 Å². The van der Waals surface area contributed by atoms with Gasteiger partial charge in [-0.2, -0.15) is 5.10 Å². The van der Waals surface area contributed by atoms with Gasteiger partial charge < -0.3 is 9.47 Å². The van der Waals surface area contributed by atoms with E-state index in [9.17, 15) is 9.18 Å². The van der Waals surface area contributed by atoms with Crippen LogP contribution in [0.2, 0.25) is 5.02 Å². The minimum absolute atomic E-state index is 0.0758. The van der Waals surface area contributed by atoms with Crippen LogP contribution in [-0.4, -0.2) is 19.2 Å². The van der Waals surface area contributed by atoms with E-state index in [1.54, 1.807) is 36.4 Å². The van der Waals surface area contributed by atoms with Crippen molar-refractivity contribution in [3.63, 3.8) is 0 Å². The molecule has 0 aliphatic heterocycles. The van der Waals surface area contributed by atoms with E-state index in [1.165, 1.54) is 31.5 Å². The molecule has 0 bridgehead atoms. The molecule has 0 aromatic heterocycles. The van der Waals surface area contributed by atoms with Crippen molar-refractivity contribution in [1.29, 1.82) is 0 Å².